The molecule has 1 aliphatic rings. The molecule has 0 atom stereocenters. The number of esters is 2. The van der Waals surface area contributed by atoms with E-state index in [1.807, 2.05) is 0 Å². The maximum atomic E-state index is 15.0. The summed E-state index contributed by atoms with van der Waals surface area (Å²) in [4.78, 5) is 51.5. The van der Waals surface area contributed by atoms with Gasteiger partial charge in [-0.15, -0.1) is 11.3 Å². The molecule has 1 heterocycles. The number of thiophene rings is 1. The van der Waals surface area contributed by atoms with Crippen LogP contribution >= 0.6 is 22.9 Å². The Kier molecular flexibility index (Phi) is 10.5. The van der Waals surface area contributed by atoms with E-state index < -0.39 is 34.6 Å². The second-order valence-corrected chi connectivity index (χ2v) is 8.56. The van der Waals surface area contributed by atoms with Gasteiger partial charge in [-0.1, -0.05) is 18.5 Å². The van der Waals surface area contributed by atoms with Gasteiger partial charge in [0.1, 0.15) is 12.3 Å². The highest BCUT2D eigenvalue weighted by Crippen LogP contribution is 2.41. The number of nitrogens with zero attached hydrogens (tertiary/aromatic N) is 1. The molecule has 1 aromatic rings. The van der Waals surface area contributed by atoms with Gasteiger partial charge < -0.3 is 14.2 Å². The van der Waals surface area contributed by atoms with Crippen molar-refractivity contribution >= 4 is 52.4 Å². The summed E-state index contributed by atoms with van der Waals surface area (Å²) < 4.78 is 29.9. The molecule has 2 rings (SSSR count). The number of anilines is 1. The van der Waals surface area contributed by atoms with Crippen LogP contribution in [0.1, 0.15) is 50.8 Å². The Morgan fingerprint density at radius 3 is 2.33 bits per heavy atom. The first-order valence-electron chi connectivity index (χ1n) is 10.6. The largest absolute Gasteiger partial charge is 0.466 e. The lowest BCUT2D eigenvalue weighted by Gasteiger charge is -2.25. The van der Waals surface area contributed by atoms with E-state index in [0.717, 1.165) is 0 Å². The maximum absolute atomic E-state index is 15.0. The van der Waals surface area contributed by atoms with Crippen LogP contribution in [0.5, 0.6) is 0 Å². The van der Waals surface area contributed by atoms with Crippen LogP contribution < -0.4 is 4.90 Å². The Balaban J connectivity index is 2.47. The second kappa shape index (κ2) is 12.8. The van der Waals surface area contributed by atoms with Crippen LogP contribution in [0.25, 0.3) is 0 Å². The third-order valence-corrected chi connectivity index (χ3v) is 6.42. The molecule has 8 nitrogen and oxygen atoms in total. The summed E-state index contributed by atoms with van der Waals surface area (Å²) in [5, 5.41) is -1.09. The molecule has 0 unspecified atom stereocenters. The molecule has 0 aliphatic heterocycles. The van der Waals surface area contributed by atoms with Crippen molar-refractivity contribution < 1.29 is 37.8 Å². The third-order valence-electron chi connectivity index (χ3n) is 4.93. The van der Waals surface area contributed by atoms with Crippen LogP contribution in [-0.2, 0) is 39.8 Å². The molecule has 0 N–H and O–H groups in total. The molecular weight excluding hydrogens is 477 g/mol. The lowest BCUT2D eigenvalue weighted by atomic mass is 9.90. The average molecular weight is 504 g/mol. The summed E-state index contributed by atoms with van der Waals surface area (Å²) in [6, 6.07) is 0. The van der Waals surface area contributed by atoms with Crippen LogP contribution in [0.3, 0.4) is 0 Å². The molecule has 1 aliphatic carbocycles. The number of imide groups is 1. The number of rotatable bonds is 10. The number of carbonyl (C=O) groups is 4. The molecule has 0 radical (unpaired) electrons. The monoisotopic (exact) mass is 503 g/mol. The number of carbonyl (C=O) groups excluding carboxylic acids is 4. The van der Waals surface area contributed by atoms with Crippen molar-refractivity contribution in [3.05, 3.63) is 26.2 Å². The van der Waals surface area contributed by atoms with Crippen molar-refractivity contribution in [3.8, 4) is 0 Å². The van der Waals surface area contributed by atoms with Crippen molar-refractivity contribution in [1.29, 1.82) is 0 Å². The quantitative estimate of drug-likeness (QED) is 0.352. The fraction of sp³-hybridized carbons (Fsp3) is 0.545. The Hall–Kier alpha value is -2.30. The standard InChI is InChI=1S/C22H27ClFNO7S/c1-4-16(26)25(19-18(23)15(33-20(19)24)12-17(27)31-5-2)21(28)13-8-6-7-9-14(13)22(29)32-11-10-30-3/h4-12H2,1-3H3. The first-order chi connectivity index (χ1) is 15.8. The highest BCUT2D eigenvalue weighted by atomic mass is 35.5. The summed E-state index contributed by atoms with van der Waals surface area (Å²) >= 11 is 6.90. The fourth-order valence-electron chi connectivity index (χ4n) is 3.37. The first kappa shape index (κ1) is 26.9. The number of halogens is 2. The Morgan fingerprint density at radius 1 is 1.06 bits per heavy atom. The SMILES string of the molecule is CCOC(=O)Cc1sc(F)c(N(C(=O)CC)C(=O)C2=C(C(=O)OCCOC)CCCC2)c1Cl. The van der Waals surface area contributed by atoms with Crippen molar-refractivity contribution in [2.75, 3.05) is 31.8 Å². The normalized spacial score (nSPS) is 13.6. The zero-order chi connectivity index (χ0) is 24.5. The van der Waals surface area contributed by atoms with Crippen LogP contribution in [0.15, 0.2) is 11.1 Å². The summed E-state index contributed by atoms with van der Waals surface area (Å²) in [7, 11) is 1.46. The van der Waals surface area contributed by atoms with Gasteiger partial charge >= 0.3 is 11.9 Å². The predicted octanol–water partition coefficient (Wildman–Crippen LogP) is 3.98. The van der Waals surface area contributed by atoms with Gasteiger partial charge in [-0.25, -0.2) is 9.69 Å². The number of ether oxygens (including phenoxy) is 3. The summed E-state index contributed by atoms with van der Waals surface area (Å²) in [6.07, 6.45) is 1.43. The summed E-state index contributed by atoms with van der Waals surface area (Å²) in [6.45, 7) is 3.51. The molecule has 182 valence electrons. The minimum absolute atomic E-state index is 0.0140. The molecule has 0 spiro atoms. The second-order valence-electron chi connectivity index (χ2n) is 7.12. The van der Waals surface area contributed by atoms with Gasteiger partial charge in [0.15, 0.2) is 0 Å². The predicted molar refractivity (Wildman–Crippen MR) is 121 cm³/mol. The van der Waals surface area contributed by atoms with Gasteiger partial charge in [0.05, 0.1) is 24.7 Å². The smallest absolute Gasteiger partial charge is 0.334 e. The van der Waals surface area contributed by atoms with Crippen molar-refractivity contribution in [3.63, 3.8) is 0 Å². The Bertz CT molecular complexity index is 943. The lowest BCUT2D eigenvalue weighted by Crippen LogP contribution is -2.39. The number of methoxy groups -OCH3 is 1. The van der Waals surface area contributed by atoms with E-state index in [9.17, 15) is 23.6 Å². The molecule has 2 amide bonds. The van der Waals surface area contributed by atoms with E-state index >= 15 is 0 Å². The first-order valence-corrected chi connectivity index (χ1v) is 11.8. The van der Waals surface area contributed by atoms with E-state index in [1.165, 1.54) is 14.0 Å². The highest BCUT2D eigenvalue weighted by molar-refractivity contribution is 7.11. The number of hydrogen-bond acceptors (Lipinski definition) is 8. The lowest BCUT2D eigenvalue weighted by molar-refractivity contribution is -0.142. The molecule has 0 bridgehead atoms. The minimum atomic E-state index is -0.880. The topological polar surface area (TPSA) is 99.2 Å². The fourth-order valence-corrected chi connectivity index (χ4v) is 4.66. The van der Waals surface area contributed by atoms with Gasteiger partial charge in [-0.05, 0) is 32.6 Å². The molecule has 0 aromatic carbocycles. The molecule has 33 heavy (non-hydrogen) atoms. The maximum Gasteiger partial charge on any atom is 0.334 e. The number of hydrogen-bond donors (Lipinski definition) is 0. The van der Waals surface area contributed by atoms with Crippen LogP contribution in [0, 0.1) is 5.13 Å². The molecule has 0 saturated heterocycles. The van der Waals surface area contributed by atoms with Crippen molar-refractivity contribution in [1.82, 2.24) is 0 Å². The summed E-state index contributed by atoms with van der Waals surface area (Å²) in [5.41, 5.74) is -0.156. The van der Waals surface area contributed by atoms with Gasteiger partial charge in [0, 0.05) is 29.6 Å². The van der Waals surface area contributed by atoms with E-state index in [0.29, 0.717) is 35.5 Å². The van der Waals surface area contributed by atoms with E-state index in [2.05, 4.69) is 0 Å². The van der Waals surface area contributed by atoms with Gasteiger partial charge in [0.25, 0.3) is 5.91 Å². The Morgan fingerprint density at radius 2 is 1.73 bits per heavy atom. The van der Waals surface area contributed by atoms with Gasteiger partial charge in [0.2, 0.25) is 11.0 Å². The number of amides is 2. The van der Waals surface area contributed by atoms with E-state index in [-0.39, 0.29) is 60.1 Å². The zero-order valence-electron chi connectivity index (χ0n) is 18.8. The van der Waals surface area contributed by atoms with Gasteiger partial charge in [-0.3, -0.25) is 14.4 Å². The minimum Gasteiger partial charge on any atom is -0.466 e. The van der Waals surface area contributed by atoms with E-state index in [4.69, 9.17) is 25.8 Å². The molecule has 1 aromatic heterocycles. The van der Waals surface area contributed by atoms with Crippen molar-refractivity contribution in [2.45, 2.75) is 52.4 Å². The molecule has 11 heteroatoms. The third kappa shape index (κ3) is 6.61. The van der Waals surface area contributed by atoms with Crippen LogP contribution in [0.2, 0.25) is 5.02 Å². The molecule has 0 saturated carbocycles. The van der Waals surface area contributed by atoms with Gasteiger partial charge in [-0.2, -0.15) is 4.39 Å². The molecular formula is C22H27ClFNO7S. The molecule has 0 fully saturated rings. The average Bonchev–Trinajstić information content (AvgIpc) is 3.06. The summed E-state index contributed by atoms with van der Waals surface area (Å²) in [5.74, 6) is -2.78. The van der Waals surface area contributed by atoms with Crippen molar-refractivity contribution in [2.24, 2.45) is 0 Å². The zero-order valence-corrected chi connectivity index (χ0v) is 20.4. The van der Waals surface area contributed by atoms with Crippen LogP contribution in [0.4, 0.5) is 10.1 Å². The van der Waals surface area contributed by atoms with Crippen LogP contribution in [-0.4, -0.2) is 50.7 Å². The Labute approximate surface area is 200 Å². The van der Waals surface area contributed by atoms with E-state index in [1.54, 1.807) is 6.92 Å². The highest BCUT2D eigenvalue weighted by Gasteiger charge is 2.35.